The number of hydrogen-bond acceptors (Lipinski definition) is 3. The Hall–Kier alpha value is -4.42. The van der Waals surface area contributed by atoms with Crippen molar-refractivity contribution in [3.05, 3.63) is 133 Å². The highest BCUT2D eigenvalue weighted by atomic mass is 31.2. The van der Waals surface area contributed by atoms with Crippen LogP contribution in [0.3, 0.4) is 0 Å². The van der Waals surface area contributed by atoms with Gasteiger partial charge in [-0.15, -0.1) is 0 Å². The molecule has 0 radical (unpaired) electrons. The van der Waals surface area contributed by atoms with Gasteiger partial charge in [0, 0.05) is 37.3 Å². The summed E-state index contributed by atoms with van der Waals surface area (Å²) in [6.45, 7) is 0. The second-order valence-electron chi connectivity index (χ2n) is 10.7. The van der Waals surface area contributed by atoms with Gasteiger partial charge in [-0.25, -0.2) is 0 Å². The molecule has 0 spiro atoms. The van der Waals surface area contributed by atoms with Crippen LogP contribution in [-0.4, -0.2) is 0 Å². The topological polar surface area (TPSA) is 47.3 Å². The zero-order valence-electron chi connectivity index (χ0n) is 21.8. The van der Waals surface area contributed by atoms with Crippen molar-refractivity contribution in [2.24, 2.45) is 0 Å². The quantitative estimate of drug-likeness (QED) is 0.217. The van der Waals surface area contributed by atoms with Gasteiger partial charge < -0.3 is 13.5 Å². The van der Waals surface area contributed by atoms with Gasteiger partial charge in [0.2, 0.25) is 0 Å². The van der Waals surface area contributed by atoms with Crippen LogP contribution < -0.4 is 31.8 Å². The van der Waals surface area contributed by atoms with Crippen LogP contribution in [0.25, 0.3) is 44.2 Å². The summed E-state index contributed by atoms with van der Waals surface area (Å²) in [5.41, 5.74) is 5.40. The number of furan rings is 1. The summed E-state index contributed by atoms with van der Waals surface area (Å²) in [5.74, 6) is 0. The first-order valence-corrected chi connectivity index (χ1v) is 17.1. The van der Waals surface area contributed by atoms with Crippen LogP contribution in [0.1, 0.15) is 0 Å². The predicted molar refractivity (Wildman–Crippen MR) is 170 cm³/mol. The highest BCUT2D eigenvalue weighted by Crippen LogP contribution is 2.55. The van der Waals surface area contributed by atoms with E-state index in [-0.39, 0.29) is 0 Å². The van der Waals surface area contributed by atoms with Crippen molar-refractivity contribution >= 4 is 68.0 Å². The Morgan fingerprint density at radius 3 is 1.41 bits per heavy atom. The molecular formula is C36H22O3P2. The van der Waals surface area contributed by atoms with E-state index in [0.29, 0.717) is 16.5 Å². The number of para-hydroxylation sites is 1. The Morgan fingerprint density at radius 2 is 0.878 bits per heavy atom. The lowest BCUT2D eigenvalue weighted by molar-refractivity contribution is 0.592. The van der Waals surface area contributed by atoms with Crippen molar-refractivity contribution in [3.8, 4) is 22.3 Å². The van der Waals surface area contributed by atoms with Crippen LogP contribution in [0.5, 0.6) is 0 Å². The molecule has 194 valence electrons. The van der Waals surface area contributed by atoms with Crippen LogP contribution in [0.15, 0.2) is 138 Å². The van der Waals surface area contributed by atoms with Crippen LogP contribution >= 0.6 is 14.3 Å². The molecule has 2 aliphatic rings. The second kappa shape index (κ2) is 8.08. The summed E-state index contributed by atoms with van der Waals surface area (Å²) in [6, 6.07) is 43.8. The molecule has 0 amide bonds. The molecule has 6 aromatic carbocycles. The van der Waals surface area contributed by atoms with Gasteiger partial charge in [-0.05, 0) is 46.5 Å². The minimum absolute atomic E-state index is 0.625. The van der Waals surface area contributed by atoms with Gasteiger partial charge in [-0.1, -0.05) is 109 Å². The molecule has 0 fully saturated rings. The maximum absolute atomic E-state index is 15.2. The van der Waals surface area contributed by atoms with Crippen LogP contribution in [0.2, 0.25) is 0 Å². The van der Waals surface area contributed by atoms with Gasteiger partial charge in [0.15, 0.2) is 14.3 Å². The maximum Gasteiger partial charge on any atom is 0.175 e. The lowest BCUT2D eigenvalue weighted by atomic mass is 10.1. The molecule has 0 bridgehead atoms. The predicted octanol–water partition coefficient (Wildman–Crippen LogP) is 6.83. The van der Waals surface area contributed by atoms with Crippen molar-refractivity contribution in [3.63, 3.8) is 0 Å². The third-order valence-electron chi connectivity index (χ3n) is 8.72. The first kappa shape index (κ1) is 23.3. The highest BCUT2D eigenvalue weighted by molar-refractivity contribution is 7.87. The third-order valence-corrected chi connectivity index (χ3v) is 15.0. The van der Waals surface area contributed by atoms with E-state index >= 15 is 9.13 Å². The fraction of sp³-hybridized carbons (Fsp3) is 0. The summed E-state index contributed by atoms with van der Waals surface area (Å²) in [4.78, 5) is 0. The van der Waals surface area contributed by atoms with Crippen molar-refractivity contribution < 1.29 is 13.5 Å². The molecule has 1 aromatic heterocycles. The molecule has 2 aliphatic heterocycles. The lowest BCUT2D eigenvalue weighted by Crippen LogP contribution is -2.21. The second-order valence-corrected chi connectivity index (χ2v) is 16.1. The smallest absolute Gasteiger partial charge is 0.175 e. The molecular weight excluding hydrogens is 542 g/mol. The SMILES string of the molecule is O=P1(c2ccc3oc4c(P5(=O)c6ccccc6-c6ccccc65)cccc4c3c2)c2ccccc2-c2ccccc21. The van der Waals surface area contributed by atoms with Crippen LogP contribution in [0.4, 0.5) is 0 Å². The molecule has 41 heavy (non-hydrogen) atoms. The maximum atomic E-state index is 15.2. The molecule has 3 heterocycles. The van der Waals surface area contributed by atoms with Crippen molar-refractivity contribution in [1.29, 1.82) is 0 Å². The van der Waals surface area contributed by atoms with Crippen LogP contribution in [-0.2, 0) is 9.13 Å². The third kappa shape index (κ3) is 2.85. The summed E-state index contributed by atoms with van der Waals surface area (Å²) >= 11 is 0. The molecule has 3 nitrogen and oxygen atoms in total. The molecule has 0 aliphatic carbocycles. The average molecular weight is 565 g/mol. The van der Waals surface area contributed by atoms with Gasteiger partial charge >= 0.3 is 0 Å². The number of fused-ring (bicyclic) bond motifs is 9. The fourth-order valence-electron chi connectivity index (χ4n) is 6.92. The average Bonchev–Trinajstić information content (AvgIpc) is 3.63. The summed E-state index contributed by atoms with van der Waals surface area (Å²) < 4.78 is 36.9. The molecule has 0 atom stereocenters. The van der Waals surface area contributed by atoms with E-state index in [0.717, 1.165) is 59.5 Å². The number of benzene rings is 6. The first-order chi connectivity index (χ1) is 20.1. The minimum atomic E-state index is -3.19. The highest BCUT2D eigenvalue weighted by Gasteiger charge is 2.42. The van der Waals surface area contributed by atoms with Crippen molar-refractivity contribution in [2.75, 3.05) is 0 Å². The van der Waals surface area contributed by atoms with Crippen molar-refractivity contribution in [1.82, 2.24) is 0 Å². The minimum Gasteiger partial charge on any atom is -0.455 e. The van der Waals surface area contributed by atoms with Gasteiger partial charge in [-0.2, -0.15) is 0 Å². The molecule has 7 aromatic rings. The normalized spacial score (nSPS) is 15.4. The van der Waals surface area contributed by atoms with E-state index in [2.05, 4.69) is 12.1 Å². The fourth-order valence-corrected chi connectivity index (χ4v) is 13.2. The molecule has 0 saturated carbocycles. The lowest BCUT2D eigenvalue weighted by Gasteiger charge is -2.16. The molecule has 0 saturated heterocycles. The number of hydrogen-bond donors (Lipinski definition) is 0. The van der Waals surface area contributed by atoms with Gasteiger partial charge in [-0.3, -0.25) is 0 Å². The number of rotatable bonds is 2. The molecule has 9 rings (SSSR count). The van der Waals surface area contributed by atoms with E-state index in [1.165, 1.54) is 0 Å². The standard InChI is InChI=1S/C36H22O3P2/c37-40(31-15-5-1-10-24(31)25-11-2-6-16-32(25)40)23-20-21-30-29(22-23)28-14-9-19-35(36(28)39-30)41(38)33-17-7-3-12-26(33)27-13-4-8-18-34(27)41/h1-22H. The van der Waals surface area contributed by atoms with Gasteiger partial charge in [0.1, 0.15) is 11.2 Å². The Labute approximate surface area is 236 Å². The summed E-state index contributed by atoms with van der Waals surface area (Å²) in [7, 11) is -6.28. The van der Waals surface area contributed by atoms with E-state index in [1.54, 1.807) is 0 Å². The van der Waals surface area contributed by atoms with E-state index in [4.69, 9.17) is 4.42 Å². The Morgan fingerprint density at radius 1 is 0.415 bits per heavy atom. The van der Waals surface area contributed by atoms with Crippen LogP contribution in [0, 0.1) is 0 Å². The zero-order valence-corrected chi connectivity index (χ0v) is 23.6. The van der Waals surface area contributed by atoms with E-state index < -0.39 is 14.3 Å². The first-order valence-electron chi connectivity index (χ1n) is 13.7. The van der Waals surface area contributed by atoms with E-state index in [1.807, 2.05) is 121 Å². The largest absolute Gasteiger partial charge is 0.455 e. The zero-order chi connectivity index (χ0) is 27.3. The summed E-state index contributed by atoms with van der Waals surface area (Å²) in [5, 5.41) is 6.67. The van der Waals surface area contributed by atoms with Gasteiger partial charge in [0.05, 0.1) is 5.30 Å². The molecule has 0 N–H and O–H groups in total. The van der Waals surface area contributed by atoms with Crippen molar-refractivity contribution in [2.45, 2.75) is 0 Å². The Bertz CT molecular complexity index is 2250. The monoisotopic (exact) mass is 564 g/mol. The summed E-state index contributed by atoms with van der Waals surface area (Å²) in [6.07, 6.45) is 0. The molecule has 0 unspecified atom stereocenters. The Balaban J connectivity index is 1.31. The van der Waals surface area contributed by atoms with Gasteiger partial charge in [0.25, 0.3) is 0 Å². The Kier molecular flexibility index (Phi) is 4.59. The molecule has 5 heteroatoms. The van der Waals surface area contributed by atoms with E-state index in [9.17, 15) is 0 Å².